The van der Waals surface area contributed by atoms with Gasteiger partial charge < -0.3 is 9.88 Å². The number of carbonyl (C=O) groups excluding carboxylic acids is 1. The van der Waals surface area contributed by atoms with E-state index in [0.29, 0.717) is 28.5 Å². The van der Waals surface area contributed by atoms with Gasteiger partial charge in [-0.15, -0.1) is 34.9 Å². The van der Waals surface area contributed by atoms with Crippen molar-refractivity contribution in [3.05, 3.63) is 49.8 Å². The average Bonchev–Trinajstić information content (AvgIpc) is 2.99. The maximum atomic E-state index is 13.1. The van der Waals surface area contributed by atoms with E-state index in [1.807, 2.05) is 43.9 Å². The van der Waals surface area contributed by atoms with Gasteiger partial charge in [-0.3, -0.25) is 9.59 Å². The van der Waals surface area contributed by atoms with Crippen molar-refractivity contribution in [1.82, 2.24) is 9.97 Å². The summed E-state index contributed by atoms with van der Waals surface area (Å²) < 4.78 is 0. The highest BCUT2D eigenvalue weighted by molar-refractivity contribution is 8.00. The average molecular weight is 466 g/mol. The van der Waals surface area contributed by atoms with Crippen molar-refractivity contribution >= 4 is 68.3 Å². The van der Waals surface area contributed by atoms with Crippen LogP contribution in [0, 0.1) is 13.8 Å². The number of aromatic nitrogens is 2. The summed E-state index contributed by atoms with van der Waals surface area (Å²) in [6.07, 6.45) is 0. The van der Waals surface area contributed by atoms with Gasteiger partial charge in [-0.2, -0.15) is 0 Å². The zero-order valence-corrected chi connectivity index (χ0v) is 19.4. The Morgan fingerprint density at radius 2 is 2.21 bits per heavy atom. The number of thioether (sulfide) groups is 2. The summed E-state index contributed by atoms with van der Waals surface area (Å²) in [6.45, 7) is 6.50. The quantitative estimate of drug-likeness (QED) is 0.586. The van der Waals surface area contributed by atoms with Crippen LogP contribution in [0.15, 0.2) is 27.9 Å². The number of halogens is 1. The number of rotatable bonds is 4. The Morgan fingerprint density at radius 1 is 1.41 bits per heavy atom. The fraction of sp³-hybridized carbons (Fsp3) is 0.350. The molecule has 1 aromatic carbocycles. The molecule has 1 atom stereocenters. The number of nitrogens with one attached hydrogen (secondary N) is 1. The van der Waals surface area contributed by atoms with Gasteiger partial charge >= 0.3 is 0 Å². The number of nitrogens with zero attached hydrogens (tertiary/aromatic N) is 2. The van der Waals surface area contributed by atoms with Crippen LogP contribution in [-0.2, 0) is 10.5 Å². The number of carbonyl (C=O) groups is 1. The summed E-state index contributed by atoms with van der Waals surface area (Å²) in [5, 5.41) is 1.03. The van der Waals surface area contributed by atoms with Crippen molar-refractivity contribution < 1.29 is 4.79 Å². The topological polar surface area (TPSA) is 66.1 Å². The van der Waals surface area contributed by atoms with E-state index in [2.05, 4.69) is 9.97 Å². The van der Waals surface area contributed by atoms with Gasteiger partial charge in [-0.05, 0) is 44.5 Å². The van der Waals surface area contributed by atoms with Crippen molar-refractivity contribution in [3.63, 3.8) is 0 Å². The standard InChI is InChI=1S/C20H20ClN3O2S3/c1-10-11(2)29-19-17(10)18(25)22-16(23-19)9-28-12(3)20(26)24-6-7-27-15-5-4-13(21)8-14(15)24/h4-5,8,12H,6-7,9H2,1-3H3,(H,22,23,25). The van der Waals surface area contributed by atoms with Crippen LogP contribution in [0.2, 0.25) is 5.02 Å². The number of aromatic amines is 1. The highest BCUT2D eigenvalue weighted by atomic mass is 35.5. The van der Waals surface area contributed by atoms with Crippen LogP contribution in [0.1, 0.15) is 23.2 Å². The molecule has 9 heteroatoms. The Labute approximate surface area is 186 Å². The molecule has 0 radical (unpaired) electrons. The predicted molar refractivity (Wildman–Crippen MR) is 125 cm³/mol. The third-order valence-corrected chi connectivity index (χ3v) is 8.48. The van der Waals surface area contributed by atoms with E-state index in [1.165, 1.54) is 23.1 Å². The first-order valence-corrected chi connectivity index (χ1v) is 12.4. The number of thiophene rings is 1. The van der Waals surface area contributed by atoms with Gasteiger partial charge in [0.05, 0.1) is 22.1 Å². The van der Waals surface area contributed by atoms with Gasteiger partial charge in [0, 0.05) is 27.1 Å². The Bertz CT molecular complexity index is 1160. The molecule has 1 aliphatic heterocycles. The molecule has 1 unspecified atom stereocenters. The molecule has 4 rings (SSSR count). The summed E-state index contributed by atoms with van der Waals surface area (Å²) in [7, 11) is 0. The molecule has 3 heterocycles. The summed E-state index contributed by atoms with van der Waals surface area (Å²) >= 11 is 10.9. The van der Waals surface area contributed by atoms with E-state index in [0.717, 1.165) is 31.6 Å². The minimum atomic E-state index is -0.266. The lowest BCUT2D eigenvalue weighted by molar-refractivity contribution is -0.117. The van der Waals surface area contributed by atoms with Crippen LogP contribution in [0.4, 0.5) is 5.69 Å². The van der Waals surface area contributed by atoms with Crippen molar-refractivity contribution in [2.24, 2.45) is 0 Å². The lowest BCUT2D eigenvalue weighted by Crippen LogP contribution is -2.40. The normalized spacial score (nSPS) is 14.8. The maximum absolute atomic E-state index is 13.1. The minimum absolute atomic E-state index is 0.0463. The van der Waals surface area contributed by atoms with E-state index < -0.39 is 0 Å². The molecular formula is C20H20ClN3O2S3. The number of benzene rings is 1. The van der Waals surface area contributed by atoms with Crippen molar-refractivity contribution in [3.8, 4) is 0 Å². The molecule has 1 amide bonds. The molecule has 0 saturated carbocycles. The Morgan fingerprint density at radius 3 is 3.00 bits per heavy atom. The molecular weight excluding hydrogens is 446 g/mol. The largest absolute Gasteiger partial charge is 0.309 e. The van der Waals surface area contributed by atoms with Crippen molar-refractivity contribution in [2.45, 2.75) is 36.7 Å². The number of H-pyrrole nitrogens is 1. The molecule has 3 aromatic rings. The summed E-state index contributed by atoms with van der Waals surface area (Å²) in [6, 6.07) is 5.67. The summed E-state index contributed by atoms with van der Waals surface area (Å²) in [4.78, 5) is 37.8. The molecule has 29 heavy (non-hydrogen) atoms. The van der Waals surface area contributed by atoms with Crippen LogP contribution >= 0.6 is 46.5 Å². The SMILES string of the molecule is Cc1sc2nc(CSC(C)C(=O)N3CCSc4ccc(Cl)cc43)[nH]c(=O)c2c1C. The fourth-order valence-corrected chi connectivity index (χ4v) is 6.29. The van der Waals surface area contributed by atoms with Gasteiger partial charge in [-0.1, -0.05) is 11.6 Å². The van der Waals surface area contributed by atoms with Crippen molar-refractivity contribution in [1.29, 1.82) is 0 Å². The maximum Gasteiger partial charge on any atom is 0.259 e. The number of amides is 1. The number of hydrogen-bond donors (Lipinski definition) is 1. The van der Waals surface area contributed by atoms with E-state index in [1.54, 1.807) is 11.8 Å². The van der Waals surface area contributed by atoms with Crippen LogP contribution < -0.4 is 10.5 Å². The number of hydrogen-bond acceptors (Lipinski definition) is 6. The van der Waals surface area contributed by atoms with Crippen LogP contribution in [-0.4, -0.2) is 33.4 Å². The molecule has 2 aromatic heterocycles. The van der Waals surface area contributed by atoms with Crippen LogP contribution in [0.25, 0.3) is 10.2 Å². The van der Waals surface area contributed by atoms with Gasteiger partial charge in [0.2, 0.25) is 5.91 Å². The number of anilines is 1. The Hall–Kier alpha value is -1.48. The van der Waals surface area contributed by atoms with Crippen molar-refractivity contribution in [2.75, 3.05) is 17.2 Å². The molecule has 0 aliphatic carbocycles. The van der Waals surface area contributed by atoms with Crippen LogP contribution in [0.5, 0.6) is 0 Å². The van der Waals surface area contributed by atoms with Gasteiger partial charge in [0.1, 0.15) is 10.7 Å². The summed E-state index contributed by atoms with van der Waals surface area (Å²) in [5.74, 6) is 1.98. The minimum Gasteiger partial charge on any atom is -0.309 e. The lowest BCUT2D eigenvalue weighted by atomic mass is 10.2. The second-order valence-electron chi connectivity index (χ2n) is 6.88. The van der Waals surface area contributed by atoms with E-state index >= 15 is 0 Å². The van der Waals surface area contributed by atoms with Gasteiger partial charge in [-0.25, -0.2) is 4.98 Å². The molecule has 152 valence electrons. The van der Waals surface area contributed by atoms with E-state index in [-0.39, 0.29) is 16.7 Å². The van der Waals surface area contributed by atoms with Crippen LogP contribution in [0.3, 0.4) is 0 Å². The highest BCUT2D eigenvalue weighted by Crippen LogP contribution is 2.37. The number of fused-ring (bicyclic) bond motifs is 2. The first kappa shape index (κ1) is 20.8. The van der Waals surface area contributed by atoms with E-state index in [9.17, 15) is 9.59 Å². The third-order valence-electron chi connectivity index (χ3n) is 4.96. The summed E-state index contributed by atoms with van der Waals surface area (Å²) in [5.41, 5.74) is 1.76. The Kier molecular flexibility index (Phi) is 5.97. The number of aryl methyl sites for hydroxylation is 2. The molecule has 0 saturated heterocycles. The predicted octanol–water partition coefficient (Wildman–Crippen LogP) is 5.02. The van der Waals surface area contributed by atoms with Gasteiger partial charge in [0.25, 0.3) is 5.56 Å². The molecule has 1 N–H and O–H groups in total. The first-order chi connectivity index (χ1) is 13.8. The fourth-order valence-electron chi connectivity index (χ4n) is 3.28. The monoisotopic (exact) mass is 465 g/mol. The first-order valence-electron chi connectivity index (χ1n) is 9.19. The molecule has 0 spiro atoms. The smallest absolute Gasteiger partial charge is 0.259 e. The van der Waals surface area contributed by atoms with Gasteiger partial charge in [0.15, 0.2) is 0 Å². The highest BCUT2D eigenvalue weighted by Gasteiger charge is 2.27. The second kappa shape index (κ2) is 8.34. The third kappa shape index (κ3) is 4.08. The zero-order valence-electron chi connectivity index (χ0n) is 16.2. The molecule has 1 aliphatic rings. The lowest BCUT2D eigenvalue weighted by Gasteiger charge is -2.31. The molecule has 5 nitrogen and oxygen atoms in total. The molecule has 0 bridgehead atoms. The zero-order chi connectivity index (χ0) is 20.7. The molecule has 0 fully saturated rings. The Balaban J connectivity index is 1.50. The van der Waals surface area contributed by atoms with E-state index in [4.69, 9.17) is 11.6 Å². The second-order valence-corrected chi connectivity index (χ2v) is 11.0.